The van der Waals surface area contributed by atoms with Crippen LogP contribution in [0, 0.1) is 0 Å². The summed E-state index contributed by atoms with van der Waals surface area (Å²) in [5.74, 6) is 0.0822. The molecule has 49 valence electrons. The van der Waals surface area contributed by atoms with Crippen LogP contribution >= 0.6 is 0 Å². The number of rotatable bonds is 0. The third kappa shape index (κ3) is 0.589. The van der Waals surface area contributed by atoms with Gasteiger partial charge in [-0.2, -0.15) is 0 Å². The van der Waals surface area contributed by atoms with Crippen molar-refractivity contribution in [3.05, 3.63) is 30.6 Å². The van der Waals surface area contributed by atoms with Crippen molar-refractivity contribution in [2.75, 3.05) is 0 Å². The molecule has 2 heteroatoms. The van der Waals surface area contributed by atoms with Crippen LogP contribution in [-0.2, 0) is 5.11 Å². The predicted octanol–water partition coefficient (Wildman–Crippen LogP) is 2.31. The van der Waals surface area contributed by atoms with Crippen LogP contribution in [0.15, 0.2) is 30.6 Å². The van der Waals surface area contributed by atoms with E-state index in [4.69, 9.17) is 0 Å². The molecule has 1 aromatic carbocycles. The van der Waals surface area contributed by atoms with Crippen molar-refractivity contribution in [3.8, 4) is 5.75 Å². The summed E-state index contributed by atoms with van der Waals surface area (Å²) in [6.07, 6.45) is 3.54. The van der Waals surface area contributed by atoms with Gasteiger partial charge in [0, 0.05) is 23.2 Å². The number of fused-ring (bicyclic) bond motifs is 1. The number of hydrogen-bond acceptors (Lipinski definition) is 0. The van der Waals surface area contributed by atoms with E-state index in [1.807, 2.05) is 12.3 Å². The topological polar surface area (TPSA) is 35.7 Å². The van der Waals surface area contributed by atoms with Gasteiger partial charge in [-0.1, -0.05) is 12.1 Å². The first kappa shape index (κ1) is 5.35. The molecule has 0 spiro atoms. The molecular formula is C8H6NO. The lowest BCUT2D eigenvalue weighted by atomic mass is 10.2. The van der Waals surface area contributed by atoms with Gasteiger partial charge in [0.1, 0.15) is 0 Å². The molecule has 0 aliphatic carbocycles. The van der Waals surface area contributed by atoms with Crippen LogP contribution in [0.1, 0.15) is 0 Å². The lowest BCUT2D eigenvalue weighted by Crippen LogP contribution is -1.62. The lowest BCUT2D eigenvalue weighted by molar-refractivity contribution is 0.360. The average Bonchev–Trinajstić information content (AvgIpc) is 2.36. The summed E-state index contributed by atoms with van der Waals surface area (Å²) >= 11 is 0. The van der Waals surface area contributed by atoms with Crippen LogP contribution in [0.3, 0.4) is 0 Å². The Kier molecular flexibility index (Phi) is 0.947. The third-order valence-corrected chi connectivity index (χ3v) is 1.57. The Morgan fingerprint density at radius 1 is 1.20 bits per heavy atom. The summed E-state index contributed by atoms with van der Waals surface area (Å²) in [5, 5.41) is 12.8. The molecule has 0 aliphatic heterocycles. The van der Waals surface area contributed by atoms with Crippen molar-refractivity contribution in [2.24, 2.45) is 0 Å². The van der Waals surface area contributed by atoms with Gasteiger partial charge in [-0.3, -0.25) is 5.11 Å². The second-order valence-electron chi connectivity index (χ2n) is 2.21. The molecule has 1 aromatic heterocycles. The summed E-state index contributed by atoms with van der Waals surface area (Å²) in [7, 11) is 0. The van der Waals surface area contributed by atoms with Crippen LogP contribution in [0.25, 0.3) is 10.8 Å². The molecule has 2 rings (SSSR count). The number of H-pyrrole nitrogens is 1. The minimum Gasteiger partial charge on any atom is -0.366 e. The zero-order valence-electron chi connectivity index (χ0n) is 5.29. The van der Waals surface area contributed by atoms with Crippen LogP contribution in [-0.4, -0.2) is 4.98 Å². The zero-order valence-corrected chi connectivity index (χ0v) is 5.29. The normalized spacial score (nSPS) is 10.4. The van der Waals surface area contributed by atoms with Crippen LogP contribution in [0.5, 0.6) is 5.75 Å². The van der Waals surface area contributed by atoms with E-state index < -0.39 is 0 Å². The highest BCUT2D eigenvalue weighted by Crippen LogP contribution is 2.23. The fraction of sp³-hybridized carbons (Fsp3) is 0. The molecule has 2 nitrogen and oxygen atoms in total. The van der Waals surface area contributed by atoms with Gasteiger partial charge in [-0.25, -0.2) is 0 Å². The Morgan fingerprint density at radius 3 is 2.90 bits per heavy atom. The zero-order chi connectivity index (χ0) is 6.97. The van der Waals surface area contributed by atoms with Gasteiger partial charge < -0.3 is 4.98 Å². The van der Waals surface area contributed by atoms with E-state index in [-0.39, 0.29) is 5.75 Å². The molecule has 0 aliphatic rings. The smallest absolute Gasteiger partial charge is 0.187 e. The molecule has 10 heavy (non-hydrogen) atoms. The maximum atomic E-state index is 11.0. The monoisotopic (exact) mass is 132 g/mol. The molecule has 1 heterocycles. The van der Waals surface area contributed by atoms with Crippen molar-refractivity contribution in [1.82, 2.24) is 4.98 Å². The van der Waals surface area contributed by atoms with E-state index >= 15 is 0 Å². The summed E-state index contributed by atoms with van der Waals surface area (Å²) in [6.45, 7) is 0. The van der Waals surface area contributed by atoms with Crippen LogP contribution < -0.4 is 0 Å². The number of hydrogen-bond donors (Lipinski definition) is 1. The Bertz CT molecular complexity index is 351. The van der Waals surface area contributed by atoms with E-state index in [1.165, 1.54) is 0 Å². The largest absolute Gasteiger partial charge is 0.366 e. The summed E-state index contributed by atoms with van der Waals surface area (Å²) in [4.78, 5) is 2.88. The van der Waals surface area contributed by atoms with E-state index in [9.17, 15) is 5.11 Å². The Hall–Kier alpha value is -1.44. The van der Waals surface area contributed by atoms with Crippen molar-refractivity contribution >= 4 is 10.8 Å². The first-order valence-electron chi connectivity index (χ1n) is 3.10. The minimum absolute atomic E-state index is 0.0822. The summed E-state index contributed by atoms with van der Waals surface area (Å²) < 4.78 is 0. The maximum Gasteiger partial charge on any atom is 0.187 e. The van der Waals surface area contributed by atoms with Crippen LogP contribution in [0.2, 0.25) is 0 Å². The van der Waals surface area contributed by atoms with Gasteiger partial charge in [0.15, 0.2) is 5.75 Å². The number of aromatic amines is 1. The van der Waals surface area contributed by atoms with E-state index in [0.29, 0.717) is 0 Å². The molecule has 0 unspecified atom stereocenters. The molecule has 0 saturated carbocycles. The van der Waals surface area contributed by atoms with Crippen molar-refractivity contribution in [2.45, 2.75) is 0 Å². The van der Waals surface area contributed by atoms with Crippen LogP contribution in [0.4, 0.5) is 0 Å². The van der Waals surface area contributed by atoms with Gasteiger partial charge in [0.05, 0.1) is 0 Å². The molecule has 0 fully saturated rings. The fourth-order valence-electron chi connectivity index (χ4n) is 1.06. The highest BCUT2D eigenvalue weighted by atomic mass is 16.3. The molecule has 0 amide bonds. The Morgan fingerprint density at radius 2 is 2.10 bits per heavy atom. The van der Waals surface area contributed by atoms with Crippen molar-refractivity contribution in [1.29, 1.82) is 0 Å². The number of benzene rings is 1. The minimum atomic E-state index is 0.0822. The van der Waals surface area contributed by atoms with Gasteiger partial charge >= 0.3 is 0 Å². The number of nitrogens with one attached hydrogen (secondary N) is 1. The summed E-state index contributed by atoms with van der Waals surface area (Å²) in [6, 6.07) is 5.24. The molecule has 0 atom stereocenters. The van der Waals surface area contributed by atoms with Gasteiger partial charge in [0.25, 0.3) is 0 Å². The highest BCUT2D eigenvalue weighted by Gasteiger charge is 1.98. The fourth-order valence-corrected chi connectivity index (χ4v) is 1.06. The molecular weight excluding hydrogens is 126 g/mol. The lowest BCUT2D eigenvalue weighted by Gasteiger charge is -1.86. The SMILES string of the molecule is [O]c1cccc2c[nH]cc12. The third-order valence-electron chi connectivity index (χ3n) is 1.57. The first-order valence-corrected chi connectivity index (χ1v) is 3.10. The van der Waals surface area contributed by atoms with E-state index in [2.05, 4.69) is 4.98 Å². The van der Waals surface area contributed by atoms with Gasteiger partial charge in [-0.15, -0.1) is 0 Å². The van der Waals surface area contributed by atoms with E-state index in [1.54, 1.807) is 18.3 Å². The Labute approximate surface area is 58.1 Å². The highest BCUT2D eigenvalue weighted by molar-refractivity contribution is 5.87. The van der Waals surface area contributed by atoms with E-state index in [0.717, 1.165) is 10.8 Å². The van der Waals surface area contributed by atoms with Crippen molar-refractivity contribution in [3.63, 3.8) is 0 Å². The molecule has 2 aromatic rings. The second-order valence-corrected chi connectivity index (χ2v) is 2.21. The molecule has 1 radical (unpaired) electrons. The maximum absolute atomic E-state index is 11.0. The predicted molar refractivity (Wildman–Crippen MR) is 38.4 cm³/mol. The van der Waals surface area contributed by atoms with Gasteiger partial charge in [-0.05, 0) is 6.07 Å². The first-order chi connectivity index (χ1) is 4.88. The molecule has 1 N–H and O–H groups in total. The standard InChI is InChI=1S/C8H6NO/c10-8-3-1-2-6-4-9-5-7(6)8/h1-5,9H. The molecule has 0 bridgehead atoms. The Balaban J connectivity index is 2.95. The second kappa shape index (κ2) is 1.77. The van der Waals surface area contributed by atoms with Gasteiger partial charge in [0.2, 0.25) is 0 Å². The number of aromatic nitrogens is 1. The average molecular weight is 132 g/mol. The summed E-state index contributed by atoms with van der Waals surface area (Å²) in [5.41, 5.74) is 0. The quantitative estimate of drug-likeness (QED) is 0.571. The molecule has 0 saturated heterocycles. The van der Waals surface area contributed by atoms with Crippen molar-refractivity contribution < 1.29 is 5.11 Å².